The van der Waals surface area contributed by atoms with Gasteiger partial charge in [0, 0.05) is 4.47 Å². The average molecular weight is 558 g/mol. The number of benzene rings is 1. The van der Waals surface area contributed by atoms with Gasteiger partial charge < -0.3 is 0 Å². The van der Waals surface area contributed by atoms with Crippen molar-refractivity contribution < 1.29 is 13.2 Å². The number of rotatable bonds is 2. The zero-order valence-corrected chi connectivity index (χ0v) is 16.6. The Hall–Kier alpha value is 0.630. The topological polar surface area (TPSA) is 0 Å². The van der Waals surface area contributed by atoms with E-state index in [1.165, 1.54) is 17.4 Å². The minimum absolute atomic E-state index is 0.187. The zero-order chi connectivity index (χ0) is 15.1. The van der Waals surface area contributed by atoms with Crippen LogP contribution in [0.4, 0.5) is 13.2 Å². The maximum atomic E-state index is 13.2. The standard InChI is InChI=1S/C12H5Br4F3S/c13-5-1-2-6(8(3-5)12(17,18)19)10(15)7-4-9(14)20-11(7)16/h1-4,10H. The van der Waals surface area contributed by atoms with E-state index in [0.717, 1.165) is 19.2 Å². The third-order valence-corrected chi connectivity index (χ3v) is 6.42. The van der Waals surface area contributed by atoms with E-state index in [4.69, 9.17) is 0 Å². The van der Waals surface area contributed by atoms with E-state index in [9.17, 15) is 13.2 Å². The summed E-state index contributed by atoms with van der Waals surface area (Å²) in [6.07, 6.45) is -4.40. The molecule has 108 valence electrons. The molecule has 0 bridgehead atoms. The lowest BCUT2D eigenvalue weighted by molar-refractivity contribution is -0.138. The highest BCUT2D eigenvalue weighted by Gasteiger charge is 2.35. The Morgan fingerprint density at radius 3 is 2.15 bits per heavy atom. The lowest BCUT2D eigenvalue weighted by Gasteiger charge is -2.17. The van der Waals surface area contributed by atoms with Gasteiger partial charge in [-0.1, -0.05) is 37.9 Å². The monoisotopic (exact) mass is 554 g/mol. The molecule has 0 nitrogen and oxygen atoms in total. The predicted octanol–water partition coefficient (Wildman–Crippen LogP) is 7.54. The number of alkyl halides is 4. The van der Waals surface area contributed by atoms with Crippen molar-refractivity contribution in [2.45, 2.75) is 11.0 Å². The summed E-state index contributed by atoms with van der Waals surface area (Å²) < 4.78 is 41.5. The molecule has 8 heteroatoms. The smallest absolute Gasteiger partial charge is 0.166 e. The summed E-state index contributed by atoms with van der Waals surface area (Å²) in [5, 5.41) is 0. The SMILES string of the molecule is FC(F)(F)c1cc(Br)ccc1C(Br)c1cc(Br)sc1Br. The summed E-state index contributed by atoms with van der Waals surface area (Å²) >= 11 is 14.6. The molecule has 1 aromatic carbocycles. The number of hydrogen-bond acceptors (Lipinski definition) is 1. The van der Waals surface area contributed by atoms with Gasteiger partial charge in [-0.3, -0.25) is 0 Å². The van der Waals surface area contributed by atoms with Crippen molar-refractivity contribution in [3.05, 3.63) is 53.0 Å². The maximum absolute atomic E-state index is 13.2. The van der Waals surface area contributed by atoms with Crippen LogP contribution in [0, 0.1) is 0 Å². The van der Waals surface area contributed by atoms with Gasteiger partial charge in [-0.15, -0.1) is 11.3 Å². The van der Waals surface area contributed by atoms with Crippen LogP contribution in [-0.2, 0) is 6.18 Å². The molecule has 0 aliphatic heterocycles. The predicted molar refractivity (Wildman–Crippen MR) is 89.6 cm³/mol. The Labute approximate surface area is 151 Å². The Kier molecular flexibility index (Phi) is 5.44. The molecule has 2 aromatic rings. The van der Waals surface area contributed by atoms with Crippen molar-refractivity contribution in [2.75, 3.05) is 0 Å². The van der Waals surface area contributed by atoms with Gasteiger partial charge in [0.15, 0.2) is 0 Å². The quantitative estimate of drug-likeness (QED) is 0.335. The second-order valence-electron chi connectivity index (χ2n) is 3.87. The first-order chi connectivity index (χ1) is 9.20. The summed E-state index contributed by atoms with van der Waals surface area (Å²) in [6, 6.07) is 5.98. The highest BCUT2D eigenvalue weighted by Crippen LogP contribution is 2.45. The van der Waals surface area contributed by atoms with Gasteiger partial charge in [0.1, 0.15) is 0 Å². The molecule has 2 rings (SSSR count). The number of halogens is 7. The van der Waals surface area contributed by atoms with Gasteiger partial charge in [-0.05, 0) is 61.2 Å². The lowest BCUT2D eigenvalue weighted by Crippen LogP contribution is -2.10. The molecule has 0 saturated heterocycles. The Balaban J connectivity index is 2.55. The van der Waals surface area contributed by atoms with Crippen LogP contribution in [0.3, 0.4) is 0 Å². The molecule has 1 aromatic heterocycles. The van der Waals surface area contributed by atoms with Crippen LogP contribution < -0.4 is 0 Å². The third kappa shape index (κ3) is 3.69. The molecule has 0 aliphatic carbocycles. The zero-order valence-electron chi connectivity index (χ0n) is 9.44. The summed E-state index contributed by atoms with van der Waals surface area (Å²) in [7, 11) is 0. The molecule has 1 unspecified atom stereocenters. The molecule has 0 saturated carbocycles. The van der Waals surface area contributed by atoms with Gasteiger partial charge in [0.25, 0.3) is 0 Å². The van der Waals surface area contributed by atoms with E-state index >= 15 is 0 Å². The van der Waals surface area contributed by atoms with E-state index in [1.807, 2.05) is 0 Å². The van der Waals surface area contributed by atoms with Gasteiger partial charge in [0.2, 0.25) is 0 Å². The van der Waals surface area contributed by atoms with Crippen molar-refractivity contribution in [1.29, 1.82) is 0 Å². The summed E-state index contributed by atoms with van der Waals surface area (Å²) in [4.78, 5) is -0.538. The van der Waals surface area contributed by atoms with Crippen LogP contribution in [0.1, 0.15) is 21.5 Å². The first-order valence-electron chi connectivity index (χ1n) is 5.15. The Morgan fingerprint density at radius 2 is 1.65 bits per heavy atom. The van der Waals surface area contributed by atoms with Crippen LogP contribution >= 0.6 is 75.1 Å². The maximum Gasteiger partial charge on any atom is 0.416 e. The van der Waals surface area contributed by atoms with Crippen molar-refractivity contribution in [3.63, 3.8) is 0 Å². The van der Waals surface area contributed by atoms with E-state index in [2.05, 4.69) is 63.7 Å². The Bertz CT molecular complexity index is 636. The van der Waals surface area contributed by atoms with Crippen LogP contribution in [-0.4, -0.2) is 0 Å². The molecule has 1 heterocycles. The van der Waals surface area contributed by atoms with Crippen LogP contribution in [0.15, 0.2) is 36.3 Å². The molecule has 0 spiro atoms. The summed E-state index contributed by atoms with van der Waals surface area (Å²) in [6.45, 7) is 0. The molecule has 0 radical (unpaired) electrons. The van der Waals surface area contributed by atoms with Gasteiger partial charge in [-0.25, -0.2) is 0 Å². The van der Waals surface area contributed by atoms with Gasteiger partial charge in [-0.2, -0.15) is 13.2 Å². The van der Waals surface area contributed by atoms with Crippen LogP contribution in [0.25, 0.3) is 0 Å². The first kappa shape index (κ1) is 17.0. The average Bonchev–Trinajstić information content (AvgIpc) is 2.66. The van der Waals surface area contributed by atoms with E-state index in [-0.39, 0.29) is 5.56 Å². The summed E-state index contributed by atoms with van der Waals surface area (Å²) in [5.74, 6) is 0. The lowest BCUT2D eigenvalue weighted by atomic mass is 10.0. The molecule has 0 amide bonds. The fraction of sp³-hybridized carbons (Fsp3) is 0.167. The number of hydrogen-bond donors (Lipinski definition) is 0. The van der Waals surface area contributed by atoms with E-state index in [0.29, 0.717) is 4.47 Å². The largest absolute Gasteiger partial charge is 0.416 e. The summed E-state index contributed by atoms with van der Waals surface area (Å²) in [5.41, 5.74) is 0.296. The number of thiophene rings is 1. The molecule has 0 aliphatic rings. The minimum atomic E-state index is -4.40. The first-order valence-corrected chi connectivity index (χ1v) is 9.26. The molecule has 1 atom stereocenters. The highest BCUT2D eigenvalue weighted by atomic mass is 79.9. The fourth-order valence-electron chi connectivity index (χ4n) is 1.69. The second kappa shape index (κ2) is 6.40. The Morgan fingerprint density at radius 1 is 1.00 bits per heavy atom. The third-order valence-electron chi connectivity index (χ3n) is 2.55. The normalized spacial score (nSPS) is 13.6. The van der Waals surface area contributed by atoms with Gasteiger partial charge >= 0.3 is 6.18 Å². The fourth-order valence-corrected chi connectivity index (χ4v) is 6.17. The molecule has 0 fully saturated rings. The minimum Gasteiger partial charge on any atom is -0.166 e. The van der Waals surface area contributed by atoms with Crippen LogP contribution in [0.5, 0.6) is 0 Å². The second-order valence-corrected chi connectivity index (χ2v) is 9.45. The van der Waals surface area contributed by atoms with Crippen LogP contribution in [0.2, 0.25) is 0 Å². The van der Waals surface area contributed by atoms with E-state index in [1.54, 1.807) is 12.1 Å². The molecular formula is C12H5Br4F3S. The van der Waals surface area contributed by atoms with Crippen molar-refractivity contribution >= 4 is 75.1 Å². The van der Waals surface area contributed by atoms with Crippen molar-refractivity contribution in [2.24, 2.45) is 0 Å². The van der Waals surface area contributed by atoms with E-state index < -0.39 is 16.6 Å². The highest BCUT2D eigenvalue weighted by molar-refractivity contribution is 9.12. The molecule has 0 N–H and O–H groups in total. The molecule has 20 heavy (non-hydrogen) atoms. The molecular weight excluding hydrogens is 553 g/mol. The van der Waals surface area contributed by atoms with Gasteiger partial charge in [0.05, 0.1) is 18.0 Å². The van der Waals surface area contributed by atoms with Crippen molar-refractivity contribution in [3.8, 4) is 0 Å². The van der Waals surface area contributed by atoms with Crippen molar-refractivity contribution in [1.82, 2.24) is 0 Å².